The molecule has 0 saturated carbocycles. The van der Waals surface area contributed by atoms with E-state index in [1.54, 1.807) is 30.3 Å². The van der Waals surface area contributed by atoms with E-state index in [4.69, 9.17) is 11.6 Å². The van der Waals surface area contributed by atoms with Crippen LogP contribution in [0.4, 0.5) is 27.6 Å². The first-order chi connectivity index (χ1) is 20.7. The van der Waals surface area contributed by atoms with Crippen molar-refractivity contribution in [3.05, 3.63) is 90.3 Å². The van der Waals surface area contributed by atoms with Gasteiger partial charge in [-0.05, 0) is 73.5 Å². The minimum absolute atomic E-state index is 0.0593. The van der Waals surface area contributed by atoms with E-state index in [0.29, 0.717) is 11.1 Å². The van der Waals surface area contributed by atoms with Crippen LogP contribution in [0.25, 0.3) is 28.1 Å². The SMILES string of the molecule is Cn1nc(C(F)(F)C(C)(C)O)cc1-c1ccc(-c2cccc(S(C)(=O)=O)c2)cc1N(N)/C(=C\N)c1ccc(OC(F)(F)F)cc1. The Kier molecular flexibility index (Phi) is 8.76. The number of sulfone groups is 1. The molecule has 5 N–H and O–H groups in total. The molecule has 0 aliphatic heterocycles. The minimum atomic E-state index is -4.90. The molecule has 0 amide bonds. The van der Waals surface area contributed by atoms with Crippen LogP contribution in [0.3, 0.4) is 0 Å². The van der Waals surface area contributed by atoms with Gasteiger partial charge in [-0.2, -0.15) is 13.9 Å². The van der Waals surface area contributed by atoms with Gasteiger partial charge in [-0.15, -0.1) is 13.2 Å². The first-order valence-corrected chi connectivity index (χ1v) is 15.0. The molecule has 1 aromatic heterocycles. The molecule has 0 unspecified atom stereocenters. The van der Waals surface area contributed by atoms with Gasteiger partial charge in [0.1, 0.15) is 17.0 Å². The molecule has 0 saturated heterocycles. The lowest BCUT2D eigenvalue weighted by Crippen LogP contribution is -2.40. The van der Waals surface area contributed by atoms with Gasteiger partial charge >= 0.3 is 12.3 Å². The molecule has 0 atom stereocenters. The topological polar surface area (TPSA) is 137 Å². The summed E-state index contributed by atoms with van der Waals surface area (Å²) in [5.41, 5.74) is 4.79. The number of halogens is 5. The predicted molar refractivity (Wildman–Crippen MR) is 159 cm³/mol. The first kappa shape index (κ1) is 33.4. The fraction of sp³-hybridized carbons (Fsp3) is 0.233. The number of hydrogen-bond acceptors (Lipinski definition) is 8. The lowest BCUT2D eigenvalue weighted by atomic mass is 9.96. The van der Waals surface area contributed by atoms with Crippen molar-refractivity contribution < 1.29 is 40.2 Å². The summed E-state index contributed by atoms with van der Waals surface area (Å²) in [4.78, 5) is 0.0593. The van der Waals surface area contributed by atoms with Gasteiger partial charge in [0.05, 0.1) is 22.0 Å². The highest BCUT2D eigenvalue weighted by atomic mass is 32.2. The normalized spacial score (nSPS) is 13.2. The Labute approximate surface area is 256 Å². The number of nitrogens with two attached hydrogens (primary N) is 2. The second-order valence-corrected chi connectivity index (χ2v) is 12.7. The van der Waals surface area contributed by atoms with E-state index in [1.807, 2.05) is 0 Å². The summed E-state index contributed by atoms with van der Waals surface area (Å²) in [5, 5.41) is 15.2. The Morgan fingerprint density at radius 1 is 0.978 bits per heavy atom. The molecule has 0 radical (unpaired) electrons. The Morgan fingerprint density at radius 2 is 1.60 bits per heavy atom. The molecule has 0 aliphatic carbocycles. The average molecular weight is 652 g/mol. The third-order valence-corrected chi connectivity index (χ3v) is 8.01. The Balaban J connectivity index is 1.89. The molecular formula is C30H30F5N5O4S. The maximum absolute atomic E-state index is 15.1. The fourth-order valence-corrected chi connectivity index (χ4v) is 5.16. The van der Waals surface area contributed by atoms with Crippen LogP contribution in [0.2, 0.25) is 0 Å². The molecule has 0 bridgehead atoms. The zero-order valence-electron chi connectivity index (χ0n) is 24.5. The first-order valence-electron chi connectivity index (χ1n) is 13.2. The number of aliphatic hydroxyl groups is 1. The number of alkyl halides is 5. The molecule has 0 fully saturated rings. The van der Waals surface area contributed by atoms with Crippen molar-refractivity contribution in [2.24, 2.45) is 18.6 Å². The van der Waals surface area contributed by atoms with Gasteiger partial charge in [-0.25, -0.2) is 14.3 Å². The van der Waals surface area contributed by atoms with Crippen LogP contribution in [-0.2, 0) is 22.8 Å². The number of aryl methyl sites for hydroxylation is 1. The number of aromatic nitrogens is 2. The van der Waals surface area contributed by atoms with Crippen LogP contribution in [-0.4, -0.2) is 41.5 Å². The number of benzene rings is 3. The summed E-state index contributed by atoms with van der Waals surface area (Å²) in [6.07, 6.45) is -2.73. The van der Waals surface area contributed by atoms with Crippen molar-refractivity contribution in [2.45, 2.75) is 36.6 Å². The van der Waals surface area contributed by atoms with E-state index in [0.717, 1.165) is 49.5 Å². The number of nitrogens with zero attached hydrogens (tertiary/aromatic N) is 3. The van der Waals surface area contributed by atoms with Crippen molar-refractivity contribution in [2.75, 3.05) is 11.3 Å². The number of hydrazine groups is 1. The molecular weight excluding hydrogens is 621 g/mol. The van der Waals surface area contributed by atoms with Crippen molar-refractivity contribution in [1.82, 2.24) is 9.78 Å². The van der Waals surface area contributed by atoms with E-state index in [2.05, 4.69) is 9.84 Å². The van der Waals surface area contributed by atoms with Gasteiger partial charge in [-0.3, -0.25) is 9.69 Å². The fourth-order valence-electron chi connectivity index (χ4n) is 4.49. The lowest BCUT2D eigenvalue weighted by molar-refractivity contribution is -0.274. The lowest BCUT2D eigenvalue weighted by Gasteiger charge is -2.27. The van der Waals surface area contributed by atoms with Crippen LogP contribution in [0.15, 0.2) is 83.9 Å². The summed E-state index contributed by atoms with van der Waals surface area (Å²) in [7, 11) is -2.13. The van der Waals surface area contributed by atoms with Gasteiger partial charge in [0.15, 0.2) is 9.84 Å². The zero-order valence-corrected chi connectivity index (χ0v) is 25.3. The van der Waals surface area contributed by atoms with Crippen LogP contribution < -0.4 is 21.3 Å². The predicted octanol–water partition coefficient (Wildman–Crippen LogP) is 5.56. The second-order valence-electron chi connectivity index (χ2n) is 10.7. The maximum Gasteiger partial charge on any atom is 0.573 e. The van der Waals surface area contributed by atoms with E-state index in [-0.39, 0.29) is 33.1 Å². The zero-order chi connectivity index (χ0) is 33.5. The number of anilines is 1. The Hall–Kier alpha value is -4.47. The highest BCUT2D eigenvalue weighted by molar-refractivity contribution is 7.90. The van der Waals surface area contributed by atoms with E-state index in [1.165, 1.54) is 36.0 Å². The van der Waals surface area contributed by atoms with Crippen molar-refractivity contribution in [1.29, 1.82) is 0 Å². The third kappa shape index (κ3) is 7.10. The highest BCUT2D eigenvalue weighted by Gasteiger charge is 2.49. The average Bonchev–Trinajstić information content (AvgIpc) is 3.34. The van der Waals surface area contributed by atoms with Gasteiger partial charge < -0.3 is 15.6 Å². The van der Waals surface area contributed by atoms with Gasteiger partial charge in [-0.1, -0.05) is 24.3 Å². The molecule has 1 heterocycles. The maximum atomic E-state index is 15.1. The number of rotatable bonds is 9. The van der Waals surface area contributed by atoms with Crippen molar-refractivity contribution in [3.8, 4) is 28.1 Å². The third-order valence-electron chi connectivity index (χ3n) is 6.90. The highest BCUT2D eigenvalue weighted by Crippen LogP contribution is 2.42. The largest absolute Gasteiger partial charge is 0.573 e. The second kappa shape index (κ2) is 11.8. The van der Waals surface area contributed by atoms with E-state index in [9.17, 15) is 26.7 Å². The molecule has 0 aliphatic rings. The number of ether oxygens (including phenoxy) is 1. The van der Waals surface area contributed by atoms with Crippen LogP contribution in [0.1, 0.15) is 25.1 Å². The molecule has 240 valence electrons. The molecule has 9 nitrogen and oxygen atoms in total. The molecule has 45 heavy (non-hydrogen) atoms. The van der Waals surface area contributed by atoms with Gasteiger partial charge in [0, 0.05) is 30.6 Å². The van der Waals surface area contributed by atoms with Crippen molar-refractivity contribution in [3.63, 3.8) is 0 Å². The van der Waals surface area contributed by atoms with E-state index >= 15 is 8.78 Å². The Bertz CT molecular complexity index is 1850. The van der Waals surface area contributed by atoms with Crippen LogP contribution >= 0.6 is 0 Å². The van der Waals surface area contributed by atoms with Crippen LogP contribution in [0, 0.1) is 0 Å². The van der Waals surface area contributed by atoms with Crippen molar-refractivity contribution >= 4 is 21.2 Å². The van der Waals surface area contributed by atoms with Crippen LogP contribution in [0.5, 0.6) is 5.75 Å². The standard InChI is InChI=1S/C30H30F5N5O4S/c1-28(2,41)29(31,32)27-16-24(39(3)38-27)23-13-10-20(19-6-5-7-22(14-19)45(4,42)43)15-25(23)40(37)26(17-36)18-8-11-21(12-9-18)44-30(33,34)35/h5-17,41H,36-37H2,1-4H3/b26-17-. The van der Waals surface area contributed by atoms with E-state index < -0.39 is 39.2 Å². The Morgan fingerprint density at radius 3 is 2.16 bits per heavy atom. The summed E-state index contributed by atoms with van der Waals surface area (Å²) >= 11 is 0. The molecule has 4 rings (SSSR count). The molecule has 15 heteroatoms. The van der Waals surface area contributed by atoms with Gasteiger partial charge in [0.2, 0.25) is 0 Å². The summed E-state index contributed by atoms with van der Waals surface area (Å²) in [6.45, 7) is 1.91. The quantitative estimate of drug-likeness (QED) is 0.122. The summed E-state index contributed by atoms with van der Waals surface area (Å²) in [6, 6.07) is 16.7. The molecule has 4 aromatic rings. The minimum Gasteiger partial charge on any atom is -0.406 e. The molecule has 0 spiro atoms. The van der Waals surface area contributed by atoms with Gasteiger partial charge in [0.25, 0.3) is 0 Å². The summed E-state index contributed by atoms with van der Waals surface area (Å²) < 4.78 is 97.7. The summed E-state index contributed by atoms with van der Waals surface area (Å²) in [5.74, 6) is 2.36. The molecule has 3 aromatic carbocycles. The number of hydrogen-bond donors (Lipinski definition) is 3. The smallest absolute Gasteiger partial charge is 0.406 e. The monoisotopic (exact) mass is 651 g/mol.